The van der Waals surface area contributed by atoms with E-state index in [9.17, 15) is 9.18 Å². The highest BCUT2D eigenvalue weighted by Gasteiger charge is 2.18. The number of allylic oxidation sites excluding steroid dienone is 4. The number of nitrogens with zero attached hydrogens (tertiary/aromatic N) is 2. The molecule has 2 heterocycles. The Labute approximate surface area is 195 Å². The number of fused-ring (bicyclic) bond motifs is 6. The van der Waals surface area contributed by atoms with Gasteiger partial charge in [0.15, 0.2) is 5.82 Å². The molecule has 0 radical (unpaired) electrons. The maximum Gasteiger partial charge on any atom is 0.258 e. The number of aromatic nitrogens is 2. The number of anilines is 4. The largest absolute Gasteiger partial charge is 0.339 e. The lowest BCUT2D eigenvalue weighted by Gasteiger charge is -2.20. The first-order valence-corrected chi connectivity index (χ1v) is 11.1. The minimum Gasteiger partial charge on any atom is -0.339 e. The Hall–Kier alpha value is -3.71. The normalized spacial score (nSPS) is 16.8. The lowest BCUT2D eigenvalue weighted by Crippen LogP contribution is -2.15. The second-order valence-corrected chi connectivity index (χ2v) is 8.43. The van der Waals surface area contributed by atoms with Crippen LogP contribution in [0, 0.1) is 11.7 Å². The summed E-state index contributed by atoms with van der Waals surface area (Å²) in [5.41, 5.74) is 3.39. The van der Waals surface area contributed by atoms with Crippen molar-refractivity contribution in [2.75, 3.05) is 16.0 Å². The smallest absolute Gasteiger partial charge is 0.258 e. The number of nitrogens with one attached hydrogen (secondary N) is 3. The van der Waals surface area contributed by atoms with Crippen molar-refractivity contribution in [2.24, 2.45) is 5.92 Å². The highest BCUT2D eigenvalue weighted by atomic mass is 35.5. The third-order valence-corrected chi connectivity index (χ3v) is 5.97. The molecule has 2 aromatic carbocycles. The van der Waals surface area contributed by atoms with E-state index >= 15 is 0 Å². The molecule has 33 heavy (non-hydrogen) atoms. The fourth-order valence-electron chi connectivity index (χ4n) is 4.01. The standard InChI is InChI=1S/C25H21ClFN5O/c26-20-14-28-25-30-17-5-3-4-15(12-17)8-9-16-13-18(29-23(20)32-25)10-11-22(16)31-24(33)19-6-1-2-7-21(19)27/h1-7,10-11,13-15H,8-9,12H2,(H,31,33)(H2,28,29,30,32). The first-order chi connectivity index (χ1) is 16.0. The zero-order chi connectivity index (χ0) is 22.8. The van der Waals surface area contributed by atoms with Gasteiger partial charge in [0.25, 0.3) is 5.91 Å². The van der Waals surface area contributed by atoms with E-state index < -0.39 is 11.7 Å². The van der Waals surface area contributed by atoms with Gasteiger partial charge in [-0.2, -0.15) is 4.98 Å². The number of amides is 1. The number of rotatable bonds is 2. The number of aryl methyl sites for hydroxylation is 1. The fraction of sp³-hybridized carbons (Fsp3) is 0.160. The third kappa shape index (κ3) is 4.73. The maximum absolute atomic E-state index is 14.1. The van der Waals surface area contributed by atoms with Gasteiger partial charge in [-0.1, -0.05) is 35.9 Å². The monoisotopic (exact) mass is 461 g/mol. The van der Waals surface area contributed by atoms with Crippen molar-refractivity contribution in [3.63, 3.8) is 0 Å². The summed E-state index contributed by atoms with van der Waals surface area (Å²) in [6, 6.07) is 11.5. The Kier molecular flexibility index (Phi) is 5.79. The second-order valence-electron chi connectivity index (χ2n) is 8.03. The summed E-state index contributed by atoms with van der Waals surface area (Å²) >= 11 is 6.32. The molecule has 1 aliphatic heterocycles. The van der Waals surface area contributed by atoms with Gasteiger partial charge < -0.3 is 16.0 Å². The van der Waals surface area contributed by atoms with Crippen LogP contribution in [0.4, 0.5) is 27.5 Å². The Bertz CT molecular complexity index is 1290. The third-order valence-electron chi connectivity index (χ3n) is 5.70. The highest BCUT2D eigenvalue weighted by molar-refractivity contribution is 6.32. The molecule has 0 fully saturated rings. The average Bonchev–Trinajstić information content (AvgIpc) is 2.81. The van der Waals surface area contributed by atoms with Crippen molar-refractivity contribution in [3.05, 3.63) is 94.6 Å². The molecule has 8 heteroatoms. The molecule has 0 saturated carbocycles. The molecular formula is C25H21ClFN5O. The molecule has 1 aromatic heterocycles. The molecule has 0 saturated heterocycles. The van der Waals surface area contributed by atoms with E-state index in [0.717, 1.165) is 36.2 Å². The highest BCUT2D eigenvalue weighted by Crippen LogP contribution is 2.31. The SMILES string of the molecule is O=C(Nc1ccc2cc1CCC1C=CC=C(C1)Nc1ncc(Cl)c(n1)N2)c1ccccc1F. The molecule has 1 atom stereocenters. The van der Waals surface area contributed by atoms with Gasteiger partial charge in [0.1, 0.15) is 10.8 Å². The van der Waals surface area contributed by atoms with Crippen LogP contribution in [0.2, 0.25) is 5.02 Å². The van der Waals surface area contributed by atoms with Crippen molar-refractivity contribution < 1.29 is 9.18 Å². The number of carbonyl (C=O) groups excluding carboxylic acids is 1. The summed E-state index contributed by atoms with van der Waals surface area (Å²) in [4.78, 5) is 21.5. The zero-order valence-electron chi connectivity index (χ0n) is 17.6. The molecule has 2 aliphatic rings. The van der Waals surface area contributed by atoms with E-state index in [0.29, 0.717) is 28.4 Å². The Balaban J connectivity index is 1.50. The van der Waals surface area contributed by atoms with Crippen LogP contribution in [0.1, 0.15) is 28.8 Å². The van der Waals surface area contributed by atoms with E-state index in [2.05, 4.69) is 32.0 Å². The molecule has 3 aromatic rings. The van der Waals surface area contributed by atoms with E-state index in [4.69, 9.17) is 11.6 Å². The Morgan fingerprint density at radius 3 is 2.94 bits per heavy atom. The van der Waals surface area contributed by atoms with Crippen LogP contribution >= 0.6 is 11.6 Å². The fourth-order valence-corrected chi connectivity index (χ4v) is 4.15. The zero-order valence-corrected chi connectivity index (χ0v) is 18.4. The van der Waals surface area contributed by atoms with E-state index in [1.807, 2.05) is 30.4 Å². The van der Waals surface area contributed by atoms with Crippen molar-refractivity contribution in [1.29, 1.82) is 0 Å². The molecule has 1 amide bonds. The number of carbonyl (C=O) groups is 1. The number of benzene rings is 2. The van der Waals surface area contributed by atoms with Gasteiger partial charge in [0.05, 0.1) is 11.8 Å². The molecule has 1 unspecified atom stereocenters. The van der Waals surface area contributed by atoms with Crippen molar-refractivity contribution in [3.8, 4) is 0 Å². The molecule has 3 N–H and O–H groups in total. The molecule has 6 nitrogen and oxygen atoms in total. The summed E-state index contributed by atoms with van der Waals surface area (Å²) in [5.74, 6) is 0.225. The van der Waals surface area contributed by atoms with Crippen molar-refractivity contribution in [2.45, 2.75) is 19.3 Å². The summed E-state index contributed by atoms with van der Waals surface area (Å²) in [5, 5.41) is 9.79. The quantitative estimate of drug-likeness (QED) is 0.431. The van der Waals surface area contributed by atoms with Crippen molar-refractivity contribution >= 4 is 40.6 Å². The molecule has 166 valence electrons. The first-order valence-electron chi connectivity index (χ1n) is 10.7. The van der Waals surface area contributed by atoms with Crippen molar-refractivity contribution in [1.82, 2.24) is 9.97 Å². The van der Waals surface area contributed by atoms with E-state index in [1.54, 1.807) is 18.3 Å². The summed E-state index contributed by atoms with van der Waals surface area (Å²) in [7, 11) is 0. The maximum atomic E-state index is 14.1. The number of hydrogen-bond acceptors (Lipinski definition) is 5. The first kappa shape index (κ1) is 21.2. The van der Waals surface area contributed by atoms with Gasteiger partial charge in [-0.05, 0) is 67.2 Å². The molecule has 5 rings (SSSR count). The predicted octanol–water partition coefficient (Wildman–Crippen LogP) is 6.08. The number of hydrogen-bond donors (Lipinski definition) is 3. The van der Waals surface area contributed by atoms with Crippen LogP contribution in [-0.4, -0.2) is 15.9 Å². The summed E-state index contributed by atoms with van der Waals surface area (Å²) < 4.78 is 14.1. The Morgan fingerprint density at radius 2 is 2.06 bits per heavy atom. The number of halogens is 2. The van der Waals surface area contributed by atoms with Crippen LogP contribution in [0.3, 0.4) is 0 Å². The van der Waals surface area contributed by atoms with Crippen LogP contribution in [0.5, 0.6) is 0 Å². The van der Waals surface area contributed by atoms with Gasteiger partial charge in [-0.3, -0.25) is 4.79 Å². The van der Waals surface area contributed by atoms with Crippen LogP contribution in [-0.2, 0) is 6.42 Å². The predicted molar refractivity (Wildman–Crippen MR) is 128 cm³/mol. The van der Waals surface area contributed by atoms with Gasteiger partial charge in [0, 0.05) is 17.1 Å². The van der Waals surface area contributed by atoms with E-state index in [-0.39, 0.29) is 5.56 Å². The van der Waals surface area contributed by atoms with Crippen LogP contribution < -0.4 is 16.0 Å². The van der Waals surface area contributed by atoms with Gasteiger partial charge in [-0.25, -0.2) is 9.37 Å². The lowest BCUT2D eigenvalue weighted by atomic mass is 9.91. The topological polar surface area (TPSA) is 78.9 Å². The van der Waals surface area contributed by atoms with Gasteiger partial charge in [-0.15, -0.1) is 0 Å². The van der Waals surface area contributed by atoms with E-state index in [1.165, 1.54) is 12.1 Å². The summed E-state index contributed by atoms with van der Waals surface area (Å²) in [6.07, 6.45) is 10.2. The van der Waals surface area contributed by atoms with Gasteiger partial charge >= 0.3 is 0 Å². The van der Waals surface area contributed by atoms with Crippen LogP contribution in [0.25, 0.3) is 0 Å². The van der Waals surface area contributed by atoms with Gasteiger partial charge in [0.2, 0.25) is 5.95 Å². The minimum absolute atomic E-state index is 0.00732. The average molecular weight is 462 g/mol. The second kappa shape index (κ2) is 9.03. The Morgan fingerprint density at radius 1 is 1.18 bits per heavy atom. The minimum atomic E-state index is -0.554. The lowest BCUT2D eigenvalue weighted by molar-refractivity contribution is 0.102. The van der Waals surface area contributed by atoms with Crippen LogP contribution in [0.15, 0.2) is 72.6 Å². The molecule has 6 bridgehead atoms. The molecule has 0 spiro atoms. The molecular weight excluding hydrogens is 441 g/mol. The molecule has 1 aliphatic carbocycles. The summed E-state index contributed by atoms with van der Waals surface area (Å²) in [6.45, 7) is 0.